The highest BCUT2D eigenvalue weighted by atomic mass is 35.5. The first-order valence-electron chi connectivity index (χ1n) is 8.20. The van der Waals surface area contributed by atoms with Crippen molar-refractivity contribution >= 4 is 38.9 Å². The van der Waals surface area contributed by atoms with Gasteiger partial charge >= 0.3 is 27.3 Å². The molecule has 2 aliphatic rings. The Morgan fingerprint density at radius 1 is 1.25 bits per heavy atom. The molecule has 24 heavy (non-hydrogen) atoms. The highest BCUT2D eigenvalue weighted by Crippen LogP contribution is 2.42. The highest BCUT2D eigenvalue weighted by Gasteiger charge is 2.31. The second kappa shape index (κ2) is 8.90. The van der Waals surface area contributed by atoms with Crippen molar-refractivity contribution < 1.29 is 23.2 Å². The highest BCUT2D eigenvalue weighted by molar-refractivity contribution is 6.72. The zero-order valence-electron chi connectivity index (χ0n) is 14.5. The third kappa shape index (κ3) is 5.51. The molecular formula is C14H21B3ClNO5. The maximum absolute atomic E-state index is 11.5. The third-order valence-corrected chi connectivity index (χ3v) is 3.92. The molecule has 1 aliphatic heterocycles. The fourth-order valence-corrected chi connectivity index (χ4v) is 2.72. The van der Waals surface area contributed by atoms with Gasteiger partial charge in [-0.2, -0.15) is 0 Å². The Morgan fingerprint density at radius 2 is 1.79 bits per heavy atom. The van der Waals surface area contributed by atoms with Crippen molar-refractivity contribution in [3.63, 3.8) is 0 Å². The van der Waals surface area contributed by atoms with Crippen molar-refractivity contribution in [2.45, 2.75) is 46.2 Å². The zero-order valence-corrected chi connectivity index (χ0v) is 15.2. The number of aromatic nitrogens is 1. The summed E-state index contributed by atoms with van der Waals surface area (Å²) in [4.78, 5) is 15.7. The van der Waals surface area contributed by atoms with Crippen molar-refractivity contribution in [3.05, 3.63) is 28.5 Å². The minimum Gasteiger partial charge on any atom is -0.462 e. The summed E-state index contributed by atoms with van der Waals surface area (Å²) in [5.74, 6) is 0.0682. The maximum atomic E-state index is 11.5. The molecule has 0 bridgehead atoms. The van der Waals surface area contributed by atoms with Crippen LogP contribution in [0, 0.1) is 0 Å². The van der Waals surface area contributed by atoms with Crippen LogP contribution in [-0.4, -0.2) is 38.9 Å². The molecule has 1 aromatic rings. The van der Waals surface area contributed by atoms with Gasteiger partial charge in [0.2, 0.25) is 0 Å². The summed E-state index contributed by atoms with van der Waals surface area (Å²) < 4.78 is 20.2. The second-order valence-corrected chi connectivity index (χ2v) is 6.04. The quantitative estimate of drug-likeness (QED) is 0.615. The summed E-state index contributed by atoms with van der Waals surface area (Å²) in [5.41, 5.74) is 1.26. The van der Waals surface area contributed by atoms with Gasteiger partial charge in [0, 0.05) is 12.1 Å². The molecule has 1 aliphatic carbocycles. The number of carbonyl (C=O) groups excluding carboxylic acids is 1. The first-order valence-corrected chi connectivity index (χ1v) is 8.58. The molecule has 0 N–H and O–H groups in total. The number of nitrogens with zero attached hydrogens (tertiary/aromatic N) is 1. The number of rotatable bonds is 3. The van der Waals surface area contributed by atoms with Gasteiger partial charge in [0.15, 0.2) is 0 Å². The van der Waals surface area contributed by atoms with E-state index in [2.05, 4.69) is 4.98 Å². The first-order chi connectivity index (χ1) is 11.4. The fraction of sp³-hybridized carbons (Fsp3) is 0.571. The average Bonchev–Trinajstić information content (AvgIpc) is 3.31. The van der Waals surface area contributed by atoms with Gasteiger partial charge in [-0.25, -0.2) is 4.79 Å². The van der Waals surface area contributed by atoms with E-state index in [0.717, 1.165) is 18.5 Å². The number of carbonyl (C=O) groups is 1. The molecule has 2 heterocycles. The SMILES string of the molecule is CB1OB(C)OB(C)O1.CCOC(=O)c1ccnc(C2CC2)c1Cl. The number of hydrogen-bond donors (Lipinski definition) is 0. The third-order valence-electron chi connectivity index (χ3n) is 3.53. The molecule has 0 radical (unpaired) electrons. The van der Waals surface area contributed by atoms with Gasteiger partial charge in [0.25, 0.3) is 0 Å². The number of esters is 1. The van der Waals surface area contributed by atoms with Gasteiger partial charge in [0.05, 0.1) is 22.9 Å². The lowest BCUT2D eigenvalue weighted by Crippen LogP contribution is -2.44. The van der Waals surface area contributed by atoms with E-state index >= 15 is 0 Å². The molecule has 3 rings (SSSR count). The van der Waals surface area contributed by atoms with E-state index in [9.17, 15) is 4.79 Å². The predicted octanol–water partition coefficient (Wildman–Crippen LogP) is 3.19. The summed E-state index contributed by atoms with van der Waals surface area (Å²) >= 11 is 6.11. The largest absolute Gasteiger partial charge is 0.462 e. The summed E-state index contributed by atoms with van der Waals surface area (Å²) in [5, 5.41) is 0.457. The second-order valence-electron chi connectivity index (χ2n) is 5.66. The van der Waals surface area contributed by atoms with Gasteiger partial charge in [0.1, 0.15) is 0 Å². The lowest BCUT2D eigenvalue weighted by Gasteiger charge is -2.25. The smallest absolute Gasteiger partial charge is 0.426 e. The first kappa shape index (κ1) is 19.3. The molecule has 0 aromatic carbocycles. The van der Waals surface area contributed by atoms with Gasteiger partial charge < -0.3 is 18.5 Å². The Kier molecular flexibility index (Phi) is 7.16. The van der Waals surface area contributed by atoms with Crippen LogP contribution in [0.1, 0.15) is 41.7 Å². The van der Waals surface area contributed by atoms with E-state index < -0.39 is 0 Å². The van der Waals surface area contributed by atoms with E-state index in [1.54, 1.807) is 19.2 Å². The van der Waals surface area contributed by atoms with Crippen molar-refractivity contribution in [3.8, 4) is 0 Å². The number of pyridine rings is 1. The fourth-order valence-electron chi connectivity index (χ4n) is 2.37. The Hall–Kier alpha value is -1.02. The zero-order chi connectivity index (χ0) is 17.7. The molecule has 1 saturated heterocycles. The number of ether oxygens (including phenoxy) is 1. The van der Waals surface area contributed by atoms with Crippen LogP contribution >= 0.6 is 11.6 Å². The van der Waals surface area contributed by atoms with Crippen molar-refractivity contribution in [2.75, 3.05) is 6.61 Å². The Bertz CT molecular complexity index is 550. The van der Waals surface area contributed by atoms with Crippen molar-refractivity contribution in [2.24, 2.45) is 0 Å². The van der Waals surface area contributed by atoms with E-state index in [1.807, 2.05) is 20.5 Å². The average molecular weight is 351 g/mol. The number of hydrogen-bond acceptors (Lipinski definition) is 6. The van der Waals surface area contributed by atoms with E-state index in [4.69, 9.17) is 30.1 Å². The molecule has 6 nitrogen and oxygen atoms in total. The molecule has 1 saturated carbocycles. The summed E-state index contributed by atoms with van der Waals surface area (Å²) in [7, 11) is -0.406. The molecule has 2 fully saturated rings. The molecular weight excluding hydrogens is 330 g/mol. The summed E-state index contributed by atoms with van der Waals surface area (Å²) in [6, 6.07) is 1.60. The van der Waals surface area contributed by atoms with Crippen molar-refractivity contribution in [1.82, 2.24) is 4.98 Å². The normalized spacial score (nSPS) is 17.3. The Balaban J connectivity index is 0.000000198. The van der Waals surface area contributed by atoms with E-state index in [0.29, 0.717) is 23.1 Å². The van der Waals surface area contributed by atoms with Crippen LogP contribution in [0.2, 0.25) is 25.5 Å². The molecule has 10 heteroatoms. The monoisotopic (exact) mass is 351 g/mol. The minimum atomic E-state index is -0.369. The van der Waals surface area contributed by atoms with Crippen LogP contribution in [0.4, 0.5) is 0 Å². The lowest BCUT2D eigenvalue weighted by atomic mass is 9.74. The van der Waals surface area contributed by atoms with Gasteiger partial charge in [-0.3, -0.25) is 4.98 Å². The van der Waals surface area contributed by atoms with Crippen molar-refractivity contribution in [1.29, 1.82) is 0 Å². The van der Waals surface area contributed by atoms with Crippen LogP contribution in [0.5, 0.6) is 0 Å². The molecule has 0 atom stereocenters. The van der Waals surface area contributed by atoms with Crippen LogP contribution in [0.3, 0.4) is 0 Å². The van der Waals surface area contributed by atoms with Crippen LogP contribution in [-0.2, 0) is 18.5 Å². The molecule has 0 spiro atoms. The van der Waals surface area contributed by atoms with Crippen LogP contribution < -0.4 is 0 Å². The van der Waals surface area contributed by atoms with Gasteiger partial charge in [-0.05, 0) is 46.3 Å². The lowest BCUT2D eigenvalue weighted by molar-refractivity contribution is 0.0526. The topological polar surface area (TPSA) is 66.9 Å². The molecule has 1 aromatic heterocycles. The van der Waals surface area contributed by atoms with Crippen LogP contribution in [0.25, 0.3) is 0 Å². The van der Waals surface area contributed by atoms with Gasteiger partial charge in [-0.15, -0.1) is 0 Å². The van der Waals surface area contributed by atoms with Gasteiger partial charge in [-0.1, -0.05) is 11.6 Å². The summed E-state index contributed by atoms with van der Waals surface area (Å²) in [6.45, 7) is 7.70. The Morgan fingerprint density at radius 3 is 2.25 bits per heavy atom. The molecule has 0 unspecified atom stereocenters. The van der Waals surface area contributed by atoms with E-state index in [-0.39, 0.29) is 27.3 Å². The molecule has 0 amide bonds. The standard InChI is InChI=1S/C11H12ClNO2.C3H9B3O3/c1-2-15-11(14)8-5-6-13-10(9(8)12)7-3-4-7;1-4-7-5(2)9-6(3)8-4/h5-7H,2-4H2,1H3;1-3H3. The number of halogens is 1. The molecule has 128 valence electrons. The summed E-state index contributed by atoms with van der Waals surface area (Å²) in [6.07, 6.45) is 3.84. The predicted molar refractivity (Wildman–Crippen MR) is 95.3 cm³/mol. The minimum absolute atomic E-state index is 0.135. The van der Waals surface area contributed by atoms with E-state index in [1.165, 1.54) is 0 Å². The maximum Gasteiger partial charge on any atom is 0.426 e. The van der Waals surface area contributed by atoms with Crippen LogP contribution in [0.15, 0.2) is 12.3 Å². The Labute approximate surface area is 149 Å².